The van der Waals surface area contributed by atoms with E-state index in [-0.39, 0.29) is 12.4 Å². The van der Waals surface area contributed by atoms with E-state index < -0.39 is 0 Å². The first-order chi connectivity index (χ1) is 6.38. The van der Waals surface area contributed by atoms with Gasteiger partial charge in [0.1, 0.15) is 0 Å². The SMILES string of the molecule is Cl.Clc1cccc2c1-c1ccccc1-2. The van der Waals surface area contributed by atoms with E-state index >= 15 is 0 Å². The van der Waals surface area contributed by atoms with Crippen molar-refractivity contribution in [1.29, 1.82) is 0 Å². The van der Waals surface area contributed by atoms with E-state index in [4.69, 9.17) is 11.6 Å². The van der Waals surface area contributed by atoms with Gasteiger partial charge >= 0.3 is 0 Å². The molecule has 0 fully saturated rings. The molecule has 0 amide bonds. The summed E-state index contributed by atoms with van der Waals surface area (Å²) >= 11 is 6.09. The molecule has 1 aliphatic carbocycles. The Balaban J connectivity index is 0.000000750. The maximum absolute atomic E-state index is 6.09. The largest absolute Gasteiger partial charge is 0.147 e. The van der Waals surface area contributed by atoms with E-state index in [1.54, 1.807) is 0 Å². The van der Waals surface area contributed by atoms with E-state index in [2.05, 4.69) is 24.3 Å². The molecule has 3 rings (SSSR count). The van der Waals surface area contributed by atoms with E-state index in [0.717, 1.165) is 5.02 Å². The number of hydrogen-bond donors (Lipinski definition) is 0. The van der Waals surface area contributed by atoms with Crippen LogP contribution < -0.4 is 0 Å². The highest BCUT2D eigenvalue weighted by Gasteiger charge is 2.23. The predicted molar refractivity (Wildman–Crippen MR) is 63.1 cm³/mol. The van der Waals surface area contributed by atoms with Crippen LogP contribution in [-0.4, -0.2) is 0 Å². The monoisotopic (exact) mass is 222 g/mol. The molecule has 0 nitrogen and oxygen atoms in total. The lowest BCUT2D eigenvalue weighted by Gasteiger charge is -2.24. The summed E-state index contributed by atoms with van der Waals surface area (Å²) in [7, 11) is 0. The maximum Gasteiger partial charge on any atom is 0.0490 e. The van der Waals surface area contributed by atoms with Gasteiger partial charge in [-0.3, -0.25) is 0 Å². The van der Waals surface area contributed by atoms with Gasteiger partial charge in [0, 0.05) is 10.6 Å². The lowest BCUT2D eigenvalue weighted by atomic mass is 9.81. The Morgan fingerprint density at radius 3 is 2.14 bits per heavy atom. The minimum absolute atomic E-state index is 0. The highest BCUT2D eigenvalue weighted by atomic mass is 35.5. The Bertz CT molecular complexity index is 489. The van der Waals surface area contributed by atoms with E-state index in [0.29, 0.717) is 0 Å². The van der Waals surface area contributed by atoms with E-state index in [1.807, 2.05) is 18.2 Å². The molecule has 0 heterocycles. The topological polar surface area (TPSA) is 0 Å². The Kier molecular flexibility index (Phi) is 2.26. The molecule has 2 aromatic carbocycles. The third-order valence-electron chi connectivity index (χ3n) is 2.50. The standard InChI is InChI=1S/C12H7Cl.ClH/c13-11-7-3-6-10-8-4-1-2-5-9(8)12(10)11;/h1-7H;1H. The molecule has 14 heavy (non-hydrogen) atoms. The van der Waals surface area contributed by atoms with Crippen LogP contribution in [0.25, 0.3) is 22.3 Å². The Labute approximate surface area is 93.9 Å². The maximum atomic E-state index is 6.09. The first kappa shape index (κ1) is 9.57. The second-order valence-corrected chi connectivity index (χ2v) is 3.62. The van der Waals surface area contributed by atoms with Crippen LogP contribution >= 0.6 is 24.0 Å². The Morgan fingerprint density at radius 1 is 0.714 bits per heavy atom. The Morgan fingerprint density at radius 2 is 1.36 bits per heavy atom. The van der Waals surface area contributed by atoms with Crippen molar-refractivity contribution in [3.05, 3.63) is 47.5 Å². The summed E-state index contributed by atoms with van der Waals surface area (Å²) in [6.07, 6.45) is 0. The fourth-order valence-corrected chi connectivity index (χ4v) is 2.17. The van der Waals surface area contributed by atoms with Crippen LogP contribution in [0.4, 0.5) is 0 Å². The van der Waals surface area contributed by atoms with Gasteiger partial charge in [0.25, 0.3) is 0 Å². The molecule has 2 heteroatoms. The summed E-state index contributed by atoms with van der Waals surface area (Å²) in [5, 5.41) is 0.858. The minimum Gasteiger partial charge on any atom is -0.147 e. The van der Waals surface area contributed by atoms with Gasteiger partial charge in [-0.15, -0.1) is 12.4 Å². The number of benzene rings is 2. The molecule has 0 N–H and O–H groups in total. The highest BCUT2D eigenvalue weighted by molar-refractivity contribution is 6.35. The average Bonchev–Trinajstić information content (AvgIpc) is 2.14. The molecule has 0 spiro atoms. The quantitative estimate of drug-likeness (QED) is 0.529. The van der Waals surface area contributed by atoms with Crippen molar-refractivity contribution >= 4 is 24.0 Å². The van der Waals surface area contributed by atoms with Gasteiger partial charge in [0.05, 0.1) is 0 Å². The van der Waals surface area contributed by atoms with Crippen molar-refractivity contribution in [3.8, 4) is 22.3 Å². The van der Waals surface area contributed by atoms with Crippen molar-refractivity contribution in [2.24, 2.45) is 0 Å². The summed E-state index contributed by atoms with van der Waals surface area (Å²) in [4.78, 5) is 0. The molecule has 0 saturated carbocycles. The zero-order valence-electron chi connectivity index (χ0n) is 7.33. The van der Waals surface area contributed by atoms with Crippen LogP contribution in [0, 0.1) is 0 Å². The van der Waals surface area contributed by atoms with Gasteiger partial charge in [-0.05, 0) is 22.8 Å². The average molecular weight is 223 g/mol. The lowest BCUT2D eigenvalue weighted by molar-refractivity contribution is 1.52. The third kappa shape index (κ3) is 1.08. The van der Waals surface area contributed by atoms with Crippen LogP contribution in [0.2, 0.25) is 5.02 Å². The number of hydrogen-bond acceptors (Lipinski definition) is 0. The zero-order valence-corrected chi connectivity index (χ0v) is 8.90. The van der Waals surface area contributed by atoms with Crippen molar-refractivity contribution in [3.63, 3.8) is 0 Å². The van der Waals surface area contributed by atoms with Gasteiger partial charge < -0.3 is 0 Å². The molecule has 0 aromatic heterocycles. The van der Waals surface area contributed by atoms with Crippen molar-refractivity contribution in [2.45, 2.75) is 0 Å². The number of halogens is 2. The molecule has 2 aromatic rings. The van der Waals surface area contributed by atoms with Gasteiger partial charge in [0.2, 0.25) is 0 Å². The second kappa shape index (κ2) is 3.30. The summed E-state index contributed by atoms with van der Waals surface area (Å²) in [6, 6.07) is 14.4. The third-order valence-corrected chi connectivity index (χ3v) is 2.82. The summed E-state index contributed by atoms with van der Waals surface area (Å²) < 4.78 is 0. The zero-order chi connectivity index (χ0) is 8.84. The van der Waals surface area contributed by atoms with Crippen molar-refractivity contribution < 1.29 is 0 Å². The van der Waals surface area contributed by atoms with Crippen LogP contribution in [0.5, 0.6) is 0 Å². The molecule has 0 atom stereocenters. The fraction of sp³-hybridized carbons (Fsp3) is 0. The molecular formula is C12H8Cl2. The van der Waals surface area contributed by atoms with Gasteiger partial charge in [-0.2, -0.15) is 0 Å². The molecule has 0 saturated heterocycles. The van der Waals surface area contributed by atoms with Crippen molar-refractivity contribution in [2.75, 3.05) is 0 Å². The molecule has 0 radical (unpaired) electrons. The van der Waals surface area contributed by atoms with Gasteiger partial charge in [-0.25, -0.2) is 0 Å². The van der Waals surface area contributed by atoms with Crippen LogP contribution in [0.1, 0.15) is 0 Å². The summed E-state index contributed by atoms with van der Waals surface area (Å²) in [6.45, 7) is 0. The molecule has 70 valence electrons. The van der Waals surface area contributed by atoms with E-state index in [1.165, 1.54) is 22.3 Å². The first-order valence-electron chi connectivity index (χ1n) is 4.26. The molecule has 0 unspecified atom stereocenters. The minimum atomic E-state index is 0. The molecular weight excluding hydrogens is 215 g/mol. The molecule has 1 aliphatic rings. The highest BCUT2D eigenvalue weighted by Crippen LogP contribution is 2.49. The number of rotatable bonds is 0. The Hall–Kier alpha value is -0.980. The molecule has 0 bridgehead atoms. The smallest absolute Gasteiger partial charge is 0.0490 e. The summed E-state index contributed by atoms with van der Waals surface area (Å²) in [5.74, 6) is 0. The van der Waals surface area contributed by atoms with Gasteiger partial charge in [0.15, 0.2) is 0 Å². The molecule has 0 aliphatic heterocycles. The van der Waals surface area contributed by atoms with Crippen LogP contribution in [0.3, 0.4) is 0 Å². The normalized spacial score (nSPS) is 10.6. The van der Waals surface area contributed by atoms with Crippen LogP contribution in [0.15, 0.2) is 42.5 Å². The lowest BCUT2D eigenvalue weighted by Crippen LogP contribution is -1.98. The summed E-state index contributed by atoms with van der Waals surface area (Å²) in [5.41, 5.74) is 5.09. The van der Waals surface area contributed by atoms with Gasteiger partial charge in [-0.1, -0.05) is 48.0 Å². The first-order valence-corrected chi connectivity index (χ1v) is 4.64. The fourth-order valence-electron chi connectivity index (χ4n) is 1.90. The number of fused-ring (bicyclic) bond motifs is 4. The second-order valence-electron chi connectivity index (χ2n) is 3.21. The van der Waals surface area contributed by atoms with Crippen molar-refractivity contribution in [1.82, 2.24) is 0 Å². The predicted octanol–water partition coefficient (Wildman–Crippen LogP) is 4.41. The van der Waals surface area contributed by atoms with Crippen LogP contribution in [-0.2, 0) is 0 Å². The van der Waals surface area contributed by atoms with E-state index in [9.17, 15) is 0 Å².